The quantitative estimate of drug-likeness (QED) is 0.883. The molecule has 0 saturated carbocycles. The highest BCUT2D eigenvalue weighted by atomic mass is 16.5. The predicted octanol–water partition coefficient (Wildman–Crippen LogP) is 1.66. The normalized spacial score (nSPS) is 30.3. The molecule has 136 valence electrons. The van der Waals surface area contributed by atoms with Gasteiger partial charge in [-0.2, -0.15) is 0 Å². The minimum Gasteiger partial charge on any atom is -0.379 e. The summed E-state index contributed by atoms with van der Waals surface area (Å²) in [7, 11) is 0. The third-order valence-corrected chi connectivity index (χ3v) is 6.04. The lowest BCUT2D eigenvalue weighted by atomic mass is 9.93. The second kappa shape index (κ2) is 7.85. The van der Waals surface area contributed by atoms with Gasteiger partial charge in [-0.15, -0.1) is 0 Å². The monoisotopic (exact) mass is 343 g/mol. The maximum atomic E-state index is 12.8. The van der Waals surface area contributed by atoms with Crippen LogP contribution in [0, 0.1) is 5.92 Å². The van der Waals surface area contributed by atoms with Crippen molar-refractivity contribution < 1.29 is 9.53 Å². The van der Waals surface area contributed by atoms with Crippen molar-refractivity contribution >= 4 is 5.91 Å². The number of carbonyl (C=O) groups is 1. The van der Waals surface area contributed by atoms with Gasteiger partial charge in [0.1, 0.15) is 0 Å². The molecule has 3 fully saturated rings. The summed E-state index contributed by atoms with van der Waals surface area (Å²) in [5, 5.41) is 3.21. The fourth-order valence-electron chi connectivity index (χ4n) is 4.74. The average molecular weight is 343 g/mol. The number of ether oxygens (including phenoxy) is 1. The lowest BCUT2D eigenvalue weighted by Gasteiger charge is -2.27. The fraction of sp³-hybridized carbons (Fsp3) is 0.650. The number of nitrogens with one attached hydrogen (secondary N) is 1. The van der Waals surface area contributed by atoms with Gasteiger partial charge in [-0.1, -0.05) is 30.3 Å². The Morgan fingerprint density at radius 3 is 2.76 bits per heavy atom. The van der Waals surface area contributed by atoms with E-state index >= 15 is 0 Å². The first-order valence-corrected chi connectivity index (χ1v) is 9.71. The summed E-state index contributed by atoms with van der Waals surface area (Å²) < 4.78 is 5.38. The highest BCUT2D eigenvalue weighted by Crippen LogP contribution is 2.44. The second-order valence-electron chi connectivity index (χ2n) is 7.46. The summed E-state index contributed by atoms with van der Waals surface area (Å²) >= 11 is 0. The summed E-state index contributed by atoms with van der Waals surface area (Å²) in [4.78, 5) is 17.8. The second-order valence-corrected chi connectivity index (χ2v) is 7.46. The van der Waals surface area contributed by atoms with E-state index in [9.17, 15) is 4.79 Å². The molecular formula is C20H29N3O2. The maximum absolute atomic E-state index is 12.8. The molecule has 5 heteroatoms. The Hall–Kier alpha value is -1.43. The summed E-state index contributed by atoms with van der Waals surface area (Å²) in [6.45, 7) is 6.38. The Bertz CT molecular complexity index is 574. The van der Waals surface area contributed by atoms with E-state index in [1.807, 2.05) is 0 Å². The molecule has 3 heterocycles. The molecule has 0 radical (unpaired) electrons. The molecule has 0 aliphatic carbocycles. The van der Waals surface area contributed by atoms with Gasteiger partial charge in [0.15, 0.2) is 0 Å². The number of hydrogen-bond acceptors (Lipinski definition) is 4. The van der Waals surface area contributed by atoms with Crippen molar-refractivity contribution in [1.82, 2.24) is 15.1 Å². The highest BCUT2D eigenvalue weighted by Gasteiger charge is 2.46. The minimum absolute atomic E-state index is 0.136. The zero-order valence-electron chi connectivity index (χ0n) is 14.9. The third kappa shape index (κ3) is 3.73. The Kier molecular flexibility index (Phi) is 5.34. The highest BCUT2D eigenvalue weighted by molar-refractivity contribution is 5.80. The summed E-state index contributed by atoms with van der Waals surface area (Å²) in [6.07, 6.45) is 3.33. The number of fused-ring (bicyclic) bond motifs is 1. The van der Waals surface area contributed by atoms with Gasteiger partial charge in [0.05, 0.1) is 19.1 Å². The van der Waals surface area contributed by atoms with Gasteiger partial charge in [-0.3, -0.25) is 14.6 Å². The topological polar surface area (TPSA) is 44.8 Å². The summed E-state index contributed by atoms with van der Waals surface area (Å²) in [5.41, 5.74) is 1.36. The van der Waals surface area contributed by atoms with Crippen LogP contribution < -0.4 is 5.32 Å². The van der Waals surface area contributed by atoms with Crippen molar-refractivity contribution in [3.05, 3.63) is 35.9 Å². The predicted molar refractivity (Wildman–Crippen MR) is 97.3 cm³/mol. The van der Waals surface area contributed by atoms with Crippen molar-refractivity contribution in [3.63, 3.8) is 0 Å². The molecule has 25 heavy (non-hydrogen) atoms. The Morgan fingerprint density at radius 2 is 1.96 bits per heavy atom. The third-order valence-electron chi connectivity index (χ3n) is 6.04. The molecule has 0 unspecified atom stereocenters. The van der Waals surface area contributed by atoms with E-state index in [1.165, 1.54) is 12.0 Å². The van der Waals surface area contributed by atoms with Crippen molar-refractivity contribution in [1.29, 1.82) is 0 Å². The van der Waals surface area contributed by atoms with Crippen LogP contribution in [0.15, 0.2) is 30.3 Å². The Labute approximate surface area is 150 Å². The van der Waals surface area contributed by atoms with Crippen molar-refractivity contribution in [3.8, 4) is 0 Å². The van der Waals surface area contributed by atoms with E-state index in [-0.39, 0.29) is 11.8 Å². The van der Waals surface area contributed by atoms with Crippen molar-refractivity contribution in [2.75, 3.05) is 45.9 Å². The molecule has 3 atom stereocenters. The van der Waals surface area contributed by atoms with Crippen LogP contribution in [0.1, 0.15) is 30.9 Å². The molecule has 1 aromatic carbocycles. The SMILES string of the molecule is O=C(NCCN1CCOCC1)[C@H]1C[C@@H](c2ccccc2)N2CCC[C@H]12. The number of amides is 1. The molecule has 3 aliphatic heterocycles. The van der Waals surface area contributed by atoms with Crippen LogP contribution in [0.3, 0.4) is 0 Å². The van der Waals surface area contributed by atoms with Crippen molar-refractivity contribution in [2.24, 2.45) is 5.92 Å². The van der Waals surface area contributed by atoms with E-state index in [1.54, 1.807) is 0 Å². The van der Waals surface area contributed by atoms with Gasteiger partial charge in [0, 0.05) is 38.3 Å². The molecule has 0 spiro atoms. The Morgan fingerprint density at radius 1 is 1.16 bits per heavy atom. The summed E-state index contributed by atoms with van der Waals surface area (Å²) in [6, 6.07) is 11.5. The number of morpholine rings is 1. The van der Waals surface area contributed by atoms with Crippen LogP contribution in [0.25, 0.3) is 0 Å². The van der Waals surface area contributed by atoms with Crippen LogP contribution in [0.2, 0.25) is 0 Å². The number of rotatable bonds is 5. The number of benzene rings is 1. The maximum Gasteiger partial charge on any atom is 0.224 e. The van der Waals surface area contributed by atoms with Gasteiger partial charge in [0.2, 0.25) is 5.91 Å². The molecule has 0 aromatic heterocycles. The lowest BCUT2D eigenvalue weighted by molar-refractivity contribution is -0.125. The first-order valence-electron chi connectivity index (χ1n) is 9.71. The van der Waals surface area contributed by atoms with Crippen LogP contribution in [0.4, 0.5) is 0 Å². The van der Waals surface area contributed by atoms with Gasteiger partial charge in [-0.05, 0) is 31.4 Å². The molecule has 4 rings (SSSR count). The van der Waals surface area contributed by atoms with Gasteiger partial charge in [-0.25, -0.2) is 0 Å². The van der Waals surface area contributed by atoms with Gasteiger partial charge < -0.3 is 10.1 Å². The molecule has 1 aromatic rings. The smallest absolute Gasteiger partial charge is 0.224 e. The zero-order valence-corrected chi connectivity index (χ0v) is 14.9. The van der Waals surface area contributed by atoms with Crippen molar-refractivity contribution in [2.45, 2.75) is 31.3 Å². The molecule has 5 nitrogen and oxygen atoms in total. The van der Waals surface area contributed by atoms with E-state index in [4.69, 9.17) is 4.74 Å². The van der Waals surface area contributed by atoms with E-state index < -0.39 is 0 Å². The molecule has 0 bridgehead atoms. The standard InChI is InChI=1S/C20H29N3O2/c24-20(21-8-10-22-11-13-25-14-12-22)17-15-19(16-5-2-1-3-6-16)23-9-4-7-18(17)23/h1-3,5-6,17-19H,4,7-15H2,(H,21,24)/t17-,18+,19-/m0/s1. The van der Waals surface area contributed by atoms with Crippen LogP contribution >= 0.6 is 0 Å². The van der Waals surface area contributed by atoms with Crippen LogP contribution in [0.5, 0.6) is 0 Å². The number of nitrogens with zero attached hydrogens (tertiary/aromatic N) is 2. The van der Waals surface area contributed by atoms with Gasteiger partial charge >= 0.3 is 0 Å². The van der Waals surface area contributed by atoms with Crippen LogP contribution in [-0.4, -0.2) is 67.7 Å². The summed E-state index contributed by atoms with van der Waals surface area (Å²) in [5.74, 6) is 0.390. The van der Waals surface area contributed by atoms with E-state index in [0.29, 0.717) is 12.1 Å². The molecule has 1 N–H and O–H groups in total. The Balaban J connectivity index is 1.34. The number of carbonyl (C=O) groups excluding carboxylic acids is 1. The first kappa shape index (κ1) is 17.0. The largest absolute Gasteiger partial charge is 0.379 e. The van der Waals surface area contributed by atoms with E-state index in [2.05, 4.69) is 45.4 Å². The lowest BCUT2D eigenvalue weighted by Crippen LogP contribution is -2.43. The van der Waals surface area contributed by atoms with E-state index in [0.717, 1.165) is 58.8 Å². The molecule has 3 saturated heterocycles. The number of hydrogen-bond donors (Lipinski definition) is 1. The average Bonchev–Trinajstić information content (AvgIpc) is 3.26. The molecule has 3 aliphatic rings. The molecular weight excluding hydrogens is 314 g/mol. The van der Waals surface area contributed by atoms with Gasteiger partial charge in [0.25, 0.3) is 0 Å². The minimum atomic E-state index is 0.136. The molecule has 1 amide bonds. The van der Waals surface area contributed by atoms with Crippen LogP contribution in [-0.2, 0) is 9.53 Å². The fourth-order valence-corrected chi connectivity index (χ4v) is 4.74. The zero-order chi connectivity index (χ0) is 17.1. The first-order chi connectivity index (χ1) is 12.3.